The minimum Gasteiger partial charge on any atom is -0.451 e. The van der Waals surface area contributed by atoms with Crippen LogP contribution in [-0.4, -0.2) is 57.9 Å². The van der Waals surface area contributed by atoms with E-state index < -0.39 is 24.5 Å². The summed E-state index contributed by atoms with van der Waals surface area (Å²) in [4.78, 5) is 37.8. The van der Waals surface area contributed by atoms with Crippen molar-refractivity contribution in [3.05, 3.63) is 41.3 Å². The monoisotopic (exact) mass is 403 g/mol. The molecular formula is C19H21N3O5S. The summed E-state index contributed by atoms with van der Waals surface area (Å²) >= 11 is 1.32. The molecule has 0 aliphatic carbocycles. The van der Waals surface area contributed by atoms with Crippen molar-refractivity contribution in [1.82, 2.24) is 10.6 Å². The van der Waals surface area contributed by atoms with E-state index in [0.29, 0.717) is 18.1 Å². The highest BCUT2D eigenvalue weighted by Crippen LogP contribution is 2.39. The molecular weight excluding hydrogens is 382 g/mol. The molecule has 1 fully saturated rings. The number of hydrogen-bond donors (Lipinski definition) is 2. The first-order valence-corrected chi connectivity index (χ1v) is 9.60. The van der Waals surface area contributed by atoms with Gasteiger partial charge in [0.1, 0.15) is 4.88 Å². The van der Waals surface area contributed by atoms with Gasteiger partial charge < -0.3 is 19.7 Å². The van der Waals surface area contributed by atoms with Gasteiger partial charge >= 0.3 is 12.0 Å². The molecule has 148 valence electrons. The highest BCUT2D eigenvalue weighted by Gasteiger charge is 2.23. The first-order valence-electron chi connectivity index (χ1n) is 8.79. The molecule has 0 unspecified atom stereocenters. The van der Waals surface area contributed by atoms with Crippen molar-refractivity contribution >= 4 is 34.2 Å². The van der Waals surface area contributed by atoms with Crippen LogP contribution in [-0.2, 0) is 14.3 Å². The summed E-state index contributed by atoms with van der Waals surface area (Å²) in [5, 5.41) is 5.27. The third-order valence-electron chi connectivity index (χ3n) is 4.11. The summed E-state index contributed by atoms with van der Waals surface area (Å²) in [5.41, 5.74) is 1.94. The van der Waals surface area contributed by atoms with Crippen LogP contribution in [0.3, 0.4) is 0 Å². The average Bonchev–Trinajstić information content (AvgIpc) is 3.19. The number of imide groups is 1. The van der Waals surface area contributed by atoms with Gasteiger partial charge in [-0.05, 0) is 11.6 Å². The molecule has 1 aliphatic heterocycles. The topological polar surface area (TPSA) is 97.0 Å². The van der Waals surface area contributed by atoms with Crippen LogP contribution in [0.4, 0.5) is 9.80 Å². The molecule has 9 heteroatoms. The van der Waals surface area contributed by atoms with Crippen molar-refractivity contribution in [2.45, 2.75) is 0 Å². The molecule has 1 aliphatic rings. The van der Waals surface area contributed by atoms with Crippen LogP contribution in [0.15, 0.2) is 36.4 Å². The molecule has 0 spiro atoms. The van der Waals surface area contributed by atoms with Gasteiger partial charge in [-0.3, -0.25) is 10.1 Å². The zero-order valence-corrected chi connectivity index (χ0v) is 16.2. The Kier molecular flexibility index (Phi) is 6.62. The van der Waals surface area contributed by atoms with Gasteiger partial charge in [-0.1, -0.05) is 30.3 Å². The van der Waals surface area contributed by atoms with Crippen LogP contribution in [0, 0.1) is 0 Å². The number of carbonyl (C=O) groups excluding carboxylic acids is 3. The van der Waals surface area contributed by atoms with E-state index in [2.05, 4.69) is 10.2 Å². The van der Waals surface area contributed by atoms with Gasteiger partial charge in [-0.25, -0.2) is 9.59 Å². The van der Waals surface area contributed by atoms with Crippen molar-refractivity contribution in [3.63, 3.8) is 0 Å². The summed E-state index contributed by atoms with van der Waals surface area (Å²) in [5.74, 6) is -1.30. The minimum atomic E-state index is -0.694. The van der Waals surface area contributed by atoms with E-state index in [1.54, 1.807) is 6.07 Å². The first-order chi connectivity index (χ1) is 13.6. The predicted molar refractivity (Wildman–Crippen MR) is 106 cm³/mol. The molecule has 0 radical (unpaired) electrons. The number of rotatable bonds is 5. The first kappa shape index (κ1) is 19.8. The molecule has 8 nitrogen and oxygen atoms in total. The summed E-state index contributed by atoms with van der Waals surface area (Å²) in [6.07, 6.45) is 0. The van der Waals surface area contributed by atoms with E-state index in [0.717, 1.165) is 29.2 Å². The smallest absolute Gasteiger partial charge is 0.348 e. The summed E-state index contributed by atoms with van der Waals surface area (Å²) in [6, 6.07) is 10.9. The number of anilines is 1. The Hall–Kier alpha value is -2.91. The summed E-state index contributed by atoms with van der Waals surface area (Å²) in [6.45, 7) is 2.21. The number of benzene rings is 1. The third-order valence-corrected chi connectivity index (χ3v) is 5.29. The standard InChI is InChI=1S/C19H21N3O5S/c1-20-19(25)21-16(23)12-27-18(24)15-11-14(13-5-3-2-4-6-13)17(28-15)22-7-9-26-10-8-22/h2-6,11H,7-10,12H2,1H3,(H2,20,21,23,25). The zero-order chi connectivity index (χ0) is 19.9. The van der Waals surface area contributed by atoms with Crippen LogP contribution >= 0.6 is 11.3 Å². The van der Waals surface area contributed by atoms with Crippen LogP contribution in [0.5, 0.6) is 0 Å². The Balaban J connectivity index is 1.77. The molecule has 1 aromatic heterocycles. The molecule has 0 atom stereocenters. The molecule has 1 aromatic carbocycles. The van der Waals surface area contributed by atoms with E-state index in [1.807, 2.05) is 35.6 Å². The second-order valence-corrected chi connectivity index (χ2v) is 7.03. The van der Waals surface area contributed by atoms with Crippen molar-refractivity contribution in [3.8, 4) is 11.1 Å². The van der Waals surface area contributed by atoms with E-state index in [-0.39, 0.29) is 0 Å². The predicted octanol–water partition coefficient (Wildman–Crippen LogP) is 1.86. The van der Waals surface area contributed by atoms with Crippen LogP contribution < -0.4 is 15.5 Å². The second kappa shape index (κ2) is 9.34. The average molecular weight is 403 g/mol. The number of thiophene rings is 1. The fraction of sp³-hybridized carbons (Fsp3) is 0.316. The Bertz CT molecular complexity index is 847. The zero-order valence-electron chi connectivity index (χ0n) is 15.4. The molecule has 3 amide bonds. The Labute approximate surface area is 166 Å². The van der Waals surface area contributed by atoms with Crippen LogP contribution in [0.25, 0.3) is 11.1 Å². The van der Waals surface area contributed by atoms with Crippen LogP contribution in [0.1, 0.15) is 9.67 Å². The van der Waals surface area contributed by atoms with Crippen molar-refractivity contribution in [1.29, 1.82) is 0 Å². The lowest BCUT2D eigenvalue weighted by Gasteiger charge is -2.28. The highest BCUT2D eigenvalue weighted by molar-refractivity contribution is 7.18. The van der Waals surface area contributed by atoms with Crippen molar-refractivity contribution in [2.75, 3.05) is 44.9 Å². The number of ether oxygens (including phenoxy) is 2. The van der Waals surface area contributed by atoms with E-state index in [1.165, 1.54) is 18.4 Å². The number of morpholine rings is 1. The number of nitrogens with zero attached hydrogens (tertiary/aromatic N) is 1. The van der Waals surface area contributed by atoms with Gasteiger partial charge in [0.25, 0.3) is 5.91 Å². The molecule has 0 bridgehead atoms. The molecule has 3 rings (SSSR count). The van der Waals surface area contributed by atoms with E-state index in [4.69, 9.17) is 9.47 Å². The fourth-order valence-corrected chi connectivity index (χ4v) is 3.86. The summed E-state index contributed by atoms with van der Waals surface area (Å²) in [7, 11) is 1.39. The van der Waals surface area contributed by atoms with Gasteiger partial charge in [-0.15, -0.1) is 11.3 Å². The molecule has 2 heterocycles. The maximum absolute atomic E-state index is 12.4. The maximum Gasteiger partial charge on any atom is 0.348 e. The number of hydrogen-bond acceptors (Lipinski definition) is 7. The third kappa shape index (κ3) is 4.87. The lowest BCUT2D eigenvalue weighted by Crippen LogP contribution is -2.39. The summed E-state index contributed by atoms with van der Waals surface area (Å²) < 4.78 is 10.5. The van der Waals surface area contributed by atoms with Crippen LogP contribution in [0.2, 0.25) is 0 Å². The number of carbonyl (C=O) groups is 3. The number of amides is 3. The van der Waals surface area contributed by atoms with Crippen molar-refractivity contribution in [2.24, 2.45) is 0 Å². The van der Waals surface area contributed by atoms with Gasteiger partial charge in [0.2, 0.25) is 0 Å². The second-order valence-electron chi connectivity index (χ2n) is 6.00. The lowest BCUT2D eigenvalue weighted by atomic mass is 10.1. The number of nitrogens with one attached hydrogen (secondary N) is 2. The molecule has 2 N–H and O–H groups in total. The van der Waals surface area contributed by atoms with Gasteiger partial charge in [-0.2, -0.15) is 0 Å². The lowest BCUT2D eigenvalue weighted by molar-refractivity contribution is -0.123. The minimum absolute atomic E-state index is 0.396. The SMILES string of the molecule is CNC(=O)NC(=O)COC(=O)c1cc(-c2ccccc2)c(N2CCOCC2)s1. The van der Waals surface area contributed by atoms with Gasteiger partial charge in [0.05, 0.1) is 18.2 Å². The van der Waals surface area contributed by atoms with E-state index >= 15 is 0 Å². The molecule has 2 aromatic rings. The highest BCUT2D eigenvalue weighted by atomic mass is 32.1. The van der Waals surface area contributed by atoms with Gasteiger partial charge in [0, 0.05) is 25.7 Å². The Morgan fingerprint density at radius 2 is 1.89 bits per heavy atom. The Morgan fingerprint density at radius 3 is 2.57 bits per heavy atom. The number of esters is 1. The fourth-order valence-electron chi connectivity index (χ4n) is 2.74. The van der Waals surface area contributed by atoms with E-state index in [9.17, 15) is 14.4 Å². The van der Waals surface area contributed by atoms with Crippen molar-refractivity contribution < 1.29 is 23.9 Å². The molecule has 28 heavy (non-hydrogen) atoms. The van der Waals surface area contributed by atoms with Gasteiger partial charge in [0.15, 0.2) is 6.61 Å². The normalized spacial score (nSPS) is 13.7. The number of urea groups is 1. The Morgan fingerprint density at radius 1 is 1.18 bits per heavy atom. The quantitative estimate of drug-likeness (QED) is 0.740. The largest absolute Gasteiger partial charge is 0.451 e. The molecule has 0 saturated carbocycles. The molecule has 1 saturated heterocycles. The maximum atomic E-state index is 12.4.